The summed E-state index contributed by atoms with van der Waals surface area (Å²) in [5.41, 5.74) is 5.63. The number of hydrogen-bond donors (Lipinski definition) is 1. The second kappa shape index (κ2) is 10.5. The molecule has 0 heterocycles. The van der Waals surface area contributed by atoms with Crippen molar-refractivity contribution < 1.29 is 19.1 Å². The molecule has 0 bridgehead atoms. The first-order chi connectivity index (χ1) is 15.0. The van der Waals surface area contributed by atoms with Gasteiger partial charge in [0.1, 0.15) is 0 Å². The average Bonchev–Trinajstić information content (AvgIpc) is 2.79. The number of benzene rings is 3. The fraction of sp³-hybridized carbons (Fsp3) is 0.0800. The molecule has 0 aliphatic carbocycles. The Kier molecular flexibility index (Phi) is 7.32. The van der Waals surface area contributed by atoms with Crippen molar-refractivity contribution in [3.8, 4) is 11.5 Å². The third kappa shape index (κ3) is 6.40. The molecule has 3 aromatic rings. The van der Waals surface area contributed by atoms with Crippen LogP contribution in [0, 0.1) is 6.92 Å². The highest BCUT2D eigenvalue weighted by Crippen LogP contribution is 2.27. The van der Waals surface area contributed by atoms with E-state index in [-0.39, 0.29) is 11.7 Å². The molecule has 6 nitrogen and oxygen atoms in total. The Morgan fingerprint density at radius 1 is 0.903 bits per heavy atom. The van der Waals surface area contributed by atoms with E-state index in [1.54, 1.807) is 36.4 Å². The Bertz CT molecular complexity index is 1100. The first-order valence-corrected chi connectivity index (χ1v) is 9.58. The van der Waals surface area contributed by atoms with E-state index >= 15 is 0 Å². The smallest absolute Gasteiger partial charge is 0.336 e. The Morgan fingerprint density at radius 3 is 2.35 bits per heavy atom. The molecule has 0 aliphatic rings. The molecular weight excluding hydrogens is 392 g/mol. The van der Waals surface area contributed by atoms with E-state index in [1.165, 1.54) is 19.4 Å². The van der Waals surface area contributed by atoms with E-state index in [4.69, 9.17) is 9.47 Å². The molecule has 31 heavy (non-hydrogen) atoms. The average molecular weight is 414 g/mol. The molecule has 0 aliphatic heterocycles. The Hall–Kier alpha value is -4.19. The van der Waals surface area contributed by atoms with Crippen molar-refractivity contribution in [2.75, 3.05) is 7.11 Å². The summed E-state index contributed by atoms with van der Waals surface area (Å²) >= 11 is 0. The van der Waals surface area contributed by atoms with Gasteiger partial charge in [-0.15, -0.1) is 0 Å². The number of ether oxygens (including phenoxy) is 2. The van der Waals surface area contributed by atoms with Gasteiger partial charge in [-0.2, -0.15) is 5.10 Å². The minimum atomic E-state index is -0.520. The van der Waals surface area contributed by atoms with Crippen LogP contribution in [0.3, 0.4) is 0 Å². The van der Waals surface area contributed by atoms with Crippen LogP contribution < -0.4 is 14.9 Å². The normalized spacial score (nSPS) is 10.9. The zero-order valence-electron chi connectivity index (χ0n) is 17.2. The number of aryl methyl sites for hydroxylation is 1. The number of nitrogens with zero attached hydrogens (tertiary/aromatic N) is 1. The minimum absolute atomic E-state index is 0.283. The van der Waals surface area contributed by atoms with Crippen molar-refractivity contribution in [1.82, 2.24) is 5.43 Å². The van der Waals surface area contributed by atoms with Crippen LogP contribution in [0.2, 0.25) is 0 Å². The van der Waals surface area contributed by atoms with Crippen LogP contribution in [0.15, 0.2) is 84.0 Å². The van der Waals surface area contributed by atoms with Crippen molar-refractivity contribution in [3.05, 3.63) is 101 Å². The van der Waals surface area contributed by atoms with E-state index in [0.717, 1.165) is 11.1 Å². The summed E-state index contributed by atoms with van der Waals surface area (Å²) in [6, 6.07) is 21.6. The lowest BCUT2D eigenvalue weighted by molar-refractivity contribution is -0.129. The fourth-order valence-electron chi connectivity index (χ4n) is 2.65. The molecule has 1 amide bonds. The van der Waals surface area contributed by atoms with Gasteiger partial charge in [0.05, 0.1) is 13.3 Å². The second-order valence-corrected chi connectivity index (χ2v) is 6.64. The SMILES string of the molecule is COc1cc(/C=N\NC(=O)c2ccc(C)cc2)ccc1OC(=O)/C=C/c1ccccc1. The number of rotatable bonds is 7. The first kappa shape index (κ1) is 21.5. The number of methoxy groups -OCH3 is 1. The van der Waals surface area contributed by atoms with Gasteiger partial charge in [-0.25, -0.2) is 10.2 Å². The maximum absolute atomic E-state index is 12.1. The Labute approximate surface area is 180 Å². The molecule has 0 fully saturated rings. The van der Waals surface area contributed by atoms with Crippen LogP contribution in [0.5, 0.6) is 11.5 Å². The lowest BCUT2D eigenvalue weighted by Gasteiger charge is -2.08. The van der Waals surface area contributed by atoms with E-state index in [1.807, 2.05) is 49.4 Å². The zero-order chi connectivity index (χ0) is 22.1. The summed E-state index contributed by atoms with van der Waals surface area (Å²) in [7, 11) is 1.48. The number of esters is 1. The van der Waals surface area contributed by atoms with Crippen molar-refractivity contribution in [2.45, 2.75) is 6.92 Å². The molecule has 1 N–H and O–H groups in total. The largest absolute Gasteiger partial charge is 0.493 e. The molecule has 0 atom stereocenters. The Morgan fingerprint density at radius 2 is 1.65 bits per heavy atom. The van der Waals surface area contributed by atoms with Crippen LogP contribution in [0.25, 0.3) is 6.08 Å². The second-order valence-electron chi connectivity index (χ2n) is 6.64. The summed E-state index contributed by atoms with van der Waals surface area (Å²) in [6.45, 7) is 1.95. The lowest BCUT2D eigenvalue weighted by Crippen LogP contribution is -2.17. The predicted molar refractivity (Wildman–Crippen MR) is 120 cm³/mol. The number of carbonyl (C=O) groups is 2. The summed E-state index contributed by atoms with van der Waals surface area (Å²) < 4.78 is 10.7. The number of carbonyl (C=O) groups excluding carboxylic acids is 2. The molecule has 0 radical (unpaired) electrons. The minimum Gasteiger partial charge on any atom is -0.493 e. The van der Waals surface area contributed by atoms with E-state index in [2.05, 4.69) is 10.5 Å². The van der Waals surface area contributed by atoms with E-state index in [9.17, 15) is 9.59 Å². The summed E-state index contributed by atoms with van der Waals surface area (Å²) in [5, 5.41) is 3.97. The maximum Gasteiger partial charge on any atom is 0.336 e. The van der Waals surface area contributed by atoms with Gasteiger partial charge in [-0.1, -0.05) is 48.0 Å². The molecule has 0 saturated heterocycles. The van der Waals surface area contributed by atoms with Gasteiger partial charge in [0.15, 0.2) is 11.5 Å². The number of amides is 1. The predicted octanol–water partition coefficient (Wildman–Crippen LogP) is 4.39. The third-order valence-electron chi connectivity index (χ3n) is 4.30. The van der Waals surface area contributed by atoms with Gasteiger partial charge < -0.3 is 9.47 Å². The van der Waals surface area contributed by atoms with Crippen LogP contribution in [0.1, 0.15) is 27.0 Å². The van der Waals surface area contributed by atoms with E-state index in [0.29, 0.717) is 16.9 Å². The van der Waals surface area contributed by atoms with Gasteiger partial charge in [-0.3, -0.25) is 4.79 Å². The molecule has 156 valence electrons. The summed E-state index contributed by atoms with van der Waals surface area (Å²) in [4.78, 5) is 24.2. The monoisotopic (exact) mass is 414 g/mol. The molecular formula is C25H22N2O4. The maximum atomic E-state index is 12.1. The molecule has 3 rings (SSSR count). The summed E-state index contributed by atoms with van der Waals surface area (Å²) in [5.74, 6) is -0.172. The standard InChI is InChI=1S/C25H22N2O4/c1-18-8-12-21(13-9-18)25(29)27-26-17-20-10-14-22(23(16-20)30-2)31-24(28)15-11-19-6-4-3-5-7-19/h3-17H,1-2H3,(H,27,29)/b15-11+,26-17-. The van der Waals surface area contributed by atoms with E-state index < -0.39 is 5.97 Å². The van der Waals surface area contributed by atoms with Crippen molar-refractivity contribution in [2.24, 2.45) is 5.10 Å². The van der Waals surface area contributed by atoms with Crippen molar-refractivity contribution >= 4 is 24.2 Å². The quantitative estimate of drug-likeness (QED) is 0.205. The van der Waals surface area contributed by atoms with Gasteiger partial charge in [0.2, 0.25) is 0 Å². The van der Waals surface area contributed by atoms with Gasteiger partial charge in [0, 0.05) is 11.6 Å². The van der Waals surface area contributed by atoms with Crippen LogP contribution in [-0.2, 0) is 4.79 Å². The van der Waals surface area contributed by atoms with Gasteiger partial charge in [0.25, 0.3) is 5.91 Å². The fourth-order valence-corrected chi connectivity index (χ4v) is 2.65. The number of nitrogens with one attached hydrogen (secondary N) is 1. The van der Waals surface area contributed by atoms with Crippen molar-refractivity contribution in [3.63, 3.8) is 0 Å². The molecule has 0 aromatic heterocycles. The van der Waals surface area contributed by atoms with Crippen LogP contribution in [-0.4, -0.2) is 25.2 Å². The van der Waals surface area contributed by atoms with Crippen molar-refractivity contribution in [1.29, 1.82) is 0 Å². The first-order valence-electron chi connectivity index (χ1n) is 9.58. The highest BCUT2D eigenvalue weighted by molar-refractivity contribution is 5.95. The zero-order valence-corrected chi connectivity index (χ0v) is 17.2. The topological polar surface area (TPSA) is 77.0 Å². The molecule has 0 spiro atoms. The number of hydrogen-bond acceptors (Lipinski definition) is 5. The Balaban J connectivity index is 1.61. The summed E-state index contributed by atoms with van der Waals surface area (Å²) in [6.07, 6.45) is 4.51. The highest BCUT2D eigenvalue weighted by atomic mass is 16.6. The molecule has 0 saturated carbocycles. The number of hydrazone groups is 1. The van der Waals surface area contributed by atoms with Crippen LogP contribution >= 0.6 is 0 Å². The van der Waals surface area contributed by atoms with Gasteiger partial charge >= 0.3 is 5.97 Å². The molecule has 3 aromatic carbocycles. The highest BCUT2D eigenvalue weighted by Gasteiger charge is 2.09. The lowest BCUT2D eigenvalue weighted by atomic mass is 10.1. The third-order valence-corrected chi connectivity index (χ3v) is 4.30. The van der Waals surface area contributed by atoms with Gasteiger partial charge in [-0.05, 0) is 54.5 Å². The molecule has 6 heteroatoms. The van der Waals surface area contributed by atoms with Crippen LogP contribution in [0.4, 0.5) is 0 Å². The molecule has 0 unspecified atom stereocenters.